The van der Waals surface area contributed by atoms with Crippen molar-refractivity contribution in [3.8, 4) is 0 Å². The Labute approximate surface area is 130 Å². The highest BCUT2D eigenvalue weighted by molar-refractivity contribution is 9.11. The van der Waals surface area contributed by atoms with E-state index >= 15 is 0 Å². The summed E-state index contributed by atoms with van der Waals surface area (Å²) in [5.74, 6) is 0.0938. The summed E-state index contributed by atoms with van der Waals surface area (Å²) in [6.07, 6.45) is 0. The van der Waals surface area contributed by atoms with Gasteiger partial charge in [-0.25, -0.2) is 4.98 Å². The van der Waals surface area contributed by atoms with Gasteiger partial charge in [0.15, 0.2) is 0 Å². The summed E-state index contributed by atoms with van der Waals surface area (Å²) in [6.45, 7) is 0. The maximum Gasteiger partial charge on any atom is 0.311 e. The van der Waals surface area contributed by atoms with Gasteiger partial charge in [0.05, 0.1) is 10.6 Å². The summed E-state index contributed by atoms with van der Waals surface area (Å²) in [5, 5.41) is 14.0. The fourth-order valence-corrected chi connectivity index (χ4v) is 2.24. The van der Waals surface area contributed by atoms with Crippen LogP contribution in [0.15, 0.2) is 39.3 Å². The van der Waals surface area contributed by atoms with Crippen LogP contribution >= 0.6 is 43.5 Å². The molecule has 19 heavy (non-hydrogen) atoms. The van der Waals surface area contributed by atoms with Crippen LogP contribution in [0.3, 0.4) is 0 Å². The second-order valence-electron chi connectivity index (χ2n) is 3.51. The molecular formula is C11H6Br2ClN3O2. The standard InChI is InChI=1S/C11H6Br2ClN3O2/c12-6-1-2-7(13)8(5-6)15-11-9(17(18)19)3-4-10(14)16-11/h1-5H,(H,15,16). The van der Waals surface area contributed by atoms with Crippen LogP contribution in [0.5, 0.6) is 0 Å². The molecule has 0 aliphatic carbocycles. The fourth-order valence-electron chi connectivity index (χ4n) is 1.39. The minimum Gasteiger partial charge on any atom is -0.333 e. The van der Waals surface area contributed by atoms with Gasteiger partial charge in [0, 0.05) is 15.0 Å². The Balaban J connectivity index is 2.45. The Morgan fingerprint density at radius 1 is 1.26 bits per heavy atom. The molecule has 2 rings (SSSR count). The third kappa shape index (κ3) is 3.43. The van der Waals surface area contributed by atoms with Crippen molar-refractivity contribution in [3.63, 3.8) is 0 Å². The van der Waals surface area contributed by atoms with Gasteiger partial charge in [0.25, 0.3) is 0 Å². The van der Waals surface area contributed by atoms with Crippen molar-refractivity contribution < 1.29 is 4.92 Å². The number of hydrogen-bond donors (Lipinski definition) is 1. The molecule has 0 amide bonds. The maximum atomic E-state index is 10.9. The van der Waals surface area contributed by atoms with E-state index in [1.54, 1.807) is 6.07 Å². The molecule has 0 saturated heterocycles. The molecule has 0 spiro atoms. The summed E-state index contributed by atoms with van der Waals surface area (Å²) >= 11 is 12.4. The van der Waals surface area contributed by atoms with E-state index in [1.807, 2.05) is 12.1 Å². The molecular weight excluding hydrogens is 401 g/mol. The van der Waals surface area contributed by atoms with E-state index < -0.39 is 4.92 Å². The fraction of sp³-hybridized carbons (Fsp3) is 0. The van der Waals surface area contributed by atoms with E-state index in [0.717, 1.165) is 8.95 Å². The van der Waals surface area contributed by atoms with Gasteiger partial charge in [0.1, 0.15) is 5.15 Å². The predicted octanol–water partition coefficient (Wildman–Crippen LogP) is 4.91. The smallest absolute Gasteiger partial charge is 0.311 e. The topological polar surface area (TPSA) is 68.1 Å². The van der Waals surface area contributed by atoms with E-state index in [9.17, 15) is 10.1 Å². The highest BCUT2D eigenvalue weighted by atomic mass is 79.9. The lowest BCUT2D eigenvalue weighted by Gasteiger charge is -2.08. The Morgan fingerprint density at radius 2 is 2.00 bits per heavy atom. The van der Waals surface area contributed by atoms with Crippen LogP contribution in [0, 0.1) is 10.1 Å². The Morgan fingerprint density at radius 3 is 2.68 bits per heavy atom. The zero-order valence-electron chi connectivity index (χ0n) is 9.23. The molecule has 0 bridgehead atoms. The van der Waals surface area contributed by atoms with Crippen molar-refractivity contribution in [2.75, 3.05) is 5.32 Å². The largest absolute Gasteiger partial charge is 0.333 e. The molecule has 5 nitrogen and oxygen atoms in total. The van der Waals surface area contributed by atoms with Gasteiger partial charge in [-0.1, -0.05) is 27.5 Å². The minimum atomic E-state index is -0.516. The first-order valence-corrected chi connectivity index (χ1v) is 6.97. The summed E-state index contributed by atoms with van der Waals surface area (Å²) < 4.78 is 1.59. The van der Waals surface area contributed by atoms with E-state index in [4.69, 9.17) is 11.6 Å². The Kier molecular flexibility index (Phi) is 4.38. The highest BCUT2D eigenvalue weighted by Gasteiger charge is 2.16. The number of benzene rings is 1. The molecule has 0 aliphatic heterocycles. The monoisotopic (exact) mass is 405 g/mol. The van der Waals surface area contributed by atoms with Gasteiger partial charge >= 0.3 is 5.69 Å². The van der Waals surface area contributed by atoms with Gasteiger partial charge in [-0.15, -0.1) is 0 Å². The molecule has 1 heterocycles. The van der Waals surface area contributed by atoms with Crippen LogP contribution in [-0.2, 0) is 0 Å². The van der Waals surface area contributed by atoms with Crippen LogP contribution in [0.25, 0.3) is 0 Å². The summed E-state index contributed by atoms with van der Waals surface area (Å²) in [7, 11) is 0. The lowest BCUT2D eigenvalue weighted by Crippen LogP contribution is -2.00. The predicted molar refractivity (Wildman–Crippen MR) is 81.0 cm³/mol. The molecule has 0 aliphatic rings. The minimum absolute atomic E-state index is 0.0938. The lowest BCUT2D eigenvalue weighted by molar-refractivity contribution is -0.384. The molecule has 98 valence electrons. The Hall–Kier alpha value is -1.18. The van der Waals surface area contributed by atoms with Crippen LogP contribution < -0.4 is 5.32 Å². The molecule has 8 heteroatoms. The molecule has 1 aromatic heterocycles. The third-order valence-electron chi connectivity index (χ3n) is 2.22. The average Bonchev–Trinajstić information content (AvgIpc) is 2.33. The SMILES string of the molecule is O=[N+]([O-])c1ccc(Cl)nc1Nc1cc(Br)ccc1Br. The number of anilines is 2. The number of aromatic nitrogens is 1. The van der Waals surface area contributed by atoms with Crippen LogP contribution in [0.2, 0.25) is 5.15 Å². The van der Waals surface area contributed by atoms with Crippen molar-refractivity contribution in [2.24, 2.45) is 0 Å². The van der Waals surface area contributed by atoms with Gasteiger partial charge < -0.3 is 5.32 Å². The number of nitrogens with zero attached hydrogens (tertiary/aromatic N) is 2. The van der Waals surface area contributed by atoms with Crippen LogP contribution in [0.1, 0.15) is 0 Å². The first-order chi connectivity index (χ1) is 8.97. The van der Waals surface area contributed by atoms with Gasteiger partial charge in [-0.3, -0.25) is 10.1 Å². The van der Waals surface area contributed by atoms with Gasteiger partial charge in [-0.2, -0.15) is 0 Å². The molecule has 0 atom stereocenters. The van der Waals surface area contributed by atoms with Crippen molar-refractivity contribution >= 4 is 60.7 Å². The van der Waals surface area contributed by atoms with E-state index in [1.165, 1.54) is 12.1 Å². The molecule has 1 aromatic carbocycles. The third-order valence-corrected chi connectivity index (χ3v) is 3.61. The van der Waals surface area contributed by atoms with E-state index in [0.29, 0.717) is 5.69 Å². The molecule has 0 radical (unpaired) electrons. The molecule has 1 N–H and O–H groups in total. The maximum absolute atomic E-state index is 10.9. The van der Waals surface area contributed by atoms with Crippen molar-refractivity contribution in [3.05, 3.63) is 54.5 Å². The van der Waals surface area contributed by atoms with E-state index in [-0.39, 0.29) is 16.7 Å². The van der Waals surface area contributed by atoms with E-state index in [2.05, 4.69) is 42.2 Å². The van der Waals surface area contributed by atoms with Crippen molar-refractivity contribution in [2.45, 2.75) is 0 Å². The second-order valence-corrected chi connectivity index (χ2v) is 5.67. The van der Waals surface area contributed by atoms with Crippen molar-refractivity contribution in [1.29, 1.82) is 0 Å². The number of nitro groups is 1. The summed E-state index contributed by atoms with van der Waals surface area (Å²) in [6, 6.07) is 8.11. The average molecular weight is 407 g/mol. The lowest BCUT2D eigenvalue weighted by atomic mass is 10.3. The zero-order chi connectivity index (χ0) is 14.0. The quantitative estimate of drug-likeness (QED) is 0.446. The van der Waals surface area contributed by atoms with Crippen LogP contribution in [-0.4, -0.2) is 9.91 Å². The number of pyridine rings is 1. The zero-order valence-corrected chi connectivity index (χ0v) is 13.2. The van der Waals surface area contributed by atoms with Gasteiger partial charge in [0.2, 0.25) is 5.82 Å². The molecule has 0 saturated carbocycles. The first-order valence-electron chi connectivity index (χ1n) is 5.00. The second kappa shape index (κ2) is 5.85. The summed E-state index contributed by atoms with van der Waals surface area (Å²) in [4.78, 5) is 14.4. The molecule has 2 aromatic rings. The molecule has 0 unspecified atom stereocenters. The number of hydrogen-bond acceptors (Lipinski definition) is 4. The number of nitrogens with one attached hydrogen (secondary N) is 1. The molecule has 0 fully saturated rings. The number of halogens is 3. The normalized spacial score (nSPS) is 10.3. The Bertz CT molecular complexity index is 652. The first kappa shape index (κ1) is 14.2. The summed E-state index contributed by atoms with van der Waals surface area (Å²) in [5.41, 5.74) is 0.503. The number of rotatable bonds is 3. The van der Waals surface area contributed by atoms with Gasteiger partial charge in [-0.05, 0) is 40.2 Å². The van der Waals surface area contributed by atoms with Crippen LogP contribution in [0.4, 0.5) is 17.2 Å². The highest BCUT2D eigenvalue weighted by Crippen LogP contribution is 2.32. The van der Waals surface area contributed by atoms with Crippen molar-refractivity contribution in [1.82, 2.24) is 4.98 Å².